The Labute approximate surface area is 658 Å². The molecule has 16 aromatic heterocycles. The van der Waals surface area contributed by atoms with Gasteiger partial charge < -0.3 is 57.9 Å². The Morgan fingerprint density at radius 2 is 0.853 bits per heavy atom. The second-order valence-corrected chi connectivity index (χ2v) is 26.3. The minimum atomic E-state index is -0.385. The van der Waals surface area contributed by atoms with Crippen LogP contribution in [-0.4, -0.2) is 188 Å². The number of nitrogens with zero attached hydrogens (tertiary/aromatic N) is 17. The highest BCUT2D eigenvalue weighted by atomic mass is 16.6. The zero-order valence-corrected chi connectivity index (χ0v) is 62.9. The van der Waals surface area contributed by atoms with Gasteiger partial charge in [-0.15, -0.1) is 0 Å². The standard InChI is InChI=1S/C22H23N7O3.C20H18N6O4.C19H18N6O2.C18H16N6O3/c30-22(20-5-4-19(32-20)16-13-24-25-14-16)26-18-15-29(8-7-28-9-11-31-12-10-28)27-21(18)17-3-1-2-6-23-17;1-26-9-16(24-20(27)18-5-4-17(30-18)12-6-22-23-7-12)19(25-26)15-3-2-13(8-21-15)29-14-10-28-11-14;1-12(2)25-11-15(18(24-25)14-5-3-4-8-20-14)23-19(26)17-7-6-16(27-17)13-9-21-22-10-13;1-24-10-14(17(23-24)13-4-3-12(26-2)9-19-13)22-18(25)16-6-5-15(27-16)11-7-20-21-8-11/h1-6,13-15H,7-12H2,(H,24,25)(H,26,30);2-9,14H,10-11H2,1H3,(H,22,23)(H,24,27);3-12H,1-2H3,(H,21,22)(H,23,26);3-10H,1-2H3,(H,20,21)(H,22,25). The van der Waals surface area contributed by atoms with E-state index in [-0.39, 0.29) is 58.8 Å². The highest BCUT2D eigenvalue weighted by molar-refractivity contribution is 6.07. The summed E-state index contributed by atoms with van der Waals surface area (Å²) in [6.07, 6.45) is 27.1. The Hall–Kier alpha value is -15.2. The summed E-state index contributed by atoms with van der Waals surface area (Å²) in [5, 5.41) is 56.0. The van der Waals surface area contributed by atoms with Crippen molar-refractivity contribution in [2.24, 2.45) is 14.1 Å². The number of aromatic nitrogens is 20. The topological polar surface area (TPSA) is 447 Å². The van der Waals surface area contributed by atoms with Crippen molar-refractivity contribution in [3.05, 3.63) is 231 Å². The number of H-pyrrole nitrogens is 4. The van der Waals surface area contributed by atoms with Crippen LogP contribution in [-0.2, 0) is 30.1 Å². The number of methoxy groups -OCH3 is 1. The lowest BCUT2D eigenvalue weighted by Gasteiger charge is -2.26. The molecule has 0 spiro atoms. The van der Waals surface area contributed by atoms with E-state index >= 15 is 0 Å². The van der Waals surface area contributed by atoms with Gasteiger partial charge in [0.05, 0.1) is 145 Å². The second kappa shape index (κ2) is 35.4. The molecule has 116 heavy (non-hydrogen) atoms. The van der Waals surface area contributed by atoms with Crippen LogP contribution in [0.25, 0.3) is 90.8 Å². The molecule has 18 rings (SSSR count). The zero-order valence-electron chi connectivity index (χ0n) is 62.9. The third-order valence-corrected chi connectivity index (χ3v) is 17.8. The monoisotopic (exact) mass is 1570 g/mol. The molecular formula is C79H75N25O12. The molecule has 8 N–H and O–H groups in total. The van der Waals surface area contributed by atoms with Crippen LogP contribution in [0.3, 0.4) is 0 Å². The van der Waals surface area contributed by atoms with Crippen LogP contribution in [0, 0.1) is 0 Å². The number of nitrogens with one attached hydrogen (secondary N) is 8. The van der Waals surface area contributed by atoms with E-state index in [9.17, 15) is 19.2 Å². The fourth-order valence-corrected chi connectivity index (χ4v) is 11.8. The summed E-state index contributed by atoms with van der Waals surface area (Å²) in [5.74, 6) is 2.83. The van der Waals surface area contributed by atoms with Gasteiger partial charge in [0, 0.05) is 102 Å². The van der Waals surface area contributed by atoms with E-state index in [1.807, 2.05) is 67.2 Å². The molecule has 2 aliphatic heterocycles. The van der Waals surface area contributed by atoms with Gasteiger partial charge in [-0.1, -0.05) is 12.1 Å². The number of carbonyl (C=O) groups is 4. The lowest BCUT2D eigenvalue weighted by molar-refractivity contribution is -0.0797. The summed E-state index contributed by atoms with van der Waals surface area (Å²) < 4.78 is 50.8. The molecule has 0 radical (unpaired) electrons. The van der Waals surface area contributed by atoms with Gasteiger partial charge >= 0.3 is 0 Å². The van der Waals surface area contributed by atoms with Gasteiger partial charge in [0.1, 0.15) is 63.4 Å². The molecule has 2 fully saturated rings. The Bertz CT molecular complexity index is 5870. The maximum absolute atomic E-state index is 12.9. The zero-order chi connectivity index (χ0) is 79.9. The first-order valence-corrected chi connectivity index (χ1v) is 36.4. The minimum absolute atomic E-state index is 0.0718. The number of hydrogen-bond donors (Lipinski definition) is 8. The molecule has 2 saturated heterocycles. The highest BCUT2D eigenvalue weighted by Crippen LogP contribution is 2.34. The van der Waals surface area contributed by atoms with Crippen LogP contribution in [0.4, 0.5) is 22.7 Å². The van der Waals surface area contributed by atoms with Crippen molar-refractivity contribution in [3.63, 3.8) is 0 Å². The van der Waals surface area contributed by atoms with Gasteiger partial charge in [0.15, 0.2) is 23.0 Å². The molecule has 37 nitrogen and oxygen atoms in total. The van der Waals surface area contributed by atoms with Crippen LogP contribution in [0.2, 0.25) is 0 Å². The molecule has 0 atom stereocenters. The fraction of sp³-hybridized carbons (Fsp3) is 0.190. The van der Waals surface area contributed by atoms with E-state index in [0.29, 0.717) is 123 Å². The normalized spacial score (nSPS) is 12.6. The number of ether oxygens (including phenoxy) is 4. The van der Waals surface area contributed by atoms with Crippen molar-refractivity contribution in [1.29, 1.82) is 0 Å². The van der Waals surface area contributed by atoms with Crippen LogP contribution in [0.5, 0.6) is 11.5 Å². The minimum Gasteiger partial charge on any atom is -0.495 e. The van der Waals surface area contributed by atoms with Crippen molar-refractivity contribution < 1.29 is 55.8 Å². The third-order valence-electron chi connectivity index (χ3n) is 17.8. The van der Waals surface area contributed by atoms with Crippen molar-refractivity contribution in [2.45, 2.75) is 32.5 Å². The molecule has 0 saturated carbocycles. The lowest BCUT2D eigenvalue weighted by atomic mass is 10.2. The third kappa shape index (κ3) is 18.5. The first-order chi connectivity index (χ1) is 56.7. The summed E-state index contributed by atoms with van der Waals surface area (Å²) in [4.78, 5) is 70.7. The van der Waals surface area contributed by atoms with Crippen LogP contribution < -0.4 is 30.7 Å². The van der Waals surface area contributed by atoms with Crippen molar-refractivity contribution >= 4 is 46.4 Å². The van der Waals surface area contributed by atoms with E-state index in [2.05, 4.69) is 102 Å². The molecule has 0 bridgehead atoms. The Balaban J connectivity index is 0.000000122. The summed E-state index contributed by atoms with van der Waals surface area (Å²) in [6, 6.07) is 31.9. The number of anilines is 4. The molecule has 37 heteroatoms. The molecule has 18 heterocycles. The molecule has 16 aromatic rings. The molecule has 0 aromatic carbocycles. The number of aryl methyl sites for hydroxylation is 2. The Morgan fingerprint density at radius 3 is 1.22 bits per heavy atom. The molecule has 4 amide bonds. The van der Waals surface area contributed by atoms with E-state index < -0.39 is 0 Å². The van der Waals surface area contributed by atoms with Crippen molar-refractivity contribution in [2.75, 3.05) is 74.4 Å². The molecule has 588 valence electrons. The average Bonchev–Trinajstić information content (AvgIpc) is 1.67. The van der Waals surface area contributed by atoms with E-state index in [4.69, 9.17) is 41.7 Å². The van der Waals surface area contributed by atoms with Crippen molar-refractivity contribution in [3.8, 4) is 102 Å². The number of amides is 4. The number of rotatable bonds is 23. The average molecular weight is 1570 g/mol. The van der Waals surface area contributed by atoms with Gasteiger partial charge in [0.2, 0.25) is 0 Å². The maximum atomic E-state index is 12.9. The largest absolute Gasteiger partial charge is 0.495 e. The summed E-state index contributed by atoms with van der Waals surface area (Å²) in [5.41, 5.74) is 10.2. The molecule has 2 aliphatic rings. The van der Waals surface area contributed by atoms with Crippen LogP contribution >= 0.6 is 0 Å². The first-order valence-electron chi connectivity index (χ1n) is 36.4. The number of morpholine rings is 1. The van der Waals surface area contributed by atoms with Gasteiger partial charge in [0.25, 0.3) is 23.6 Å². The van der Waals surface area contributed by atoms with Crippen LogP contribution in [0.1, 0.15) is 62.1 Å². The van der Waals surface area contributed by atoms with Gasteiger partial charge in [-0.3, -0.25) is 83.1 Å². The second-order valence-electron chi connectivity index (χ2n) is 26.3. The maximum Gasteiger partial charge on any atom is 0.291 e. The fourth-order valence-electron chi connectivity index (χ4n) is 11.8. The number of carbonyl (C=O) groups excluding carboxylic acids is 4. The summed E-state index contributed by atoms with van der Waals surface area (Å²) in [6.45, 7) is 10.1. The molecule has 0 aliphatic carbocycles. The number of pyridine rings is 4. The SMILES string of the molecule is CC(C)n1cc(NC(=O)c2ccc(-c3cn[nH]c3)o2)c(-c2ccccn2)n1.COc1ccc(-c2nn(C)cc2NC(=O)c2ccc(-c3cn[nH]c3)o2)nc1.Cn1cc(NC(=O)c2ccc(-c3cn[nH]c3)o2)c(-c2ccc(OC3COC3)cn2)n1.O=C(Nc1cn(CCN2CCOCC2)nc1-c1ccccn1)c1ccc(-c2cn[nH]c2)o1. The van der Waals surface area contributed by atoms with E-state index in [1.165, 1.54) is 0 Å². The molecular weight excluding hydrogens is 1490 g/mol. The molecule has 0 unspecified atom stereocenters. The first kappa shape index (κ1) is 76.1. The number of aromatic amines is 4. The van der Waals surface area contributed by atoms with Gasteiger partial charge in [-0.2, -0.15) is 40.8 Å². The van der Waals surface area contributed by atoms with E-state index in [0.717, 1.165) is 55.1 Å². The Morgan fingerprint density at radius 1 is 0.448 bits per heavy atom. The predicted octanol–water partition coefficient (Wildman–Crippen LogP) is 11.5. The smallest absolute Gasteiger partial charge is 0.291 e. The summed E-state index contributed by atoms with van der Waals surface area (Å²) in [7, 11) is 5.12. The predicted molar refractivity (Wildman–Crippen MR) is 420 cm³/mol. The number of hydrogen-bond acceptors (Lipinski definition) is 25. The quantitative estimate of drug-likeness (QED) is 0.0295. The lowest BCUT2D eigenvalue weighted by Crippen LogP contribution is -2.38. The highest BCUT2D eigenvalue weighted by Gasteiger charge is 2.26. The summed E-state index contributed by atoms with van der Waals surface area (Å²) >= 11 is 0. The van der Waals surface area contributed by atoms with Crippen molar-refractivity contribution in [1.82, 2.24) is 105 Å². The van der Waals surface area contributed by atoms with E-state index in [1.54, 1.807) is 195 Å². The number of furan rings is 4. The van der Waals surface area contributed by atoms with Gasteiger partial charge in [-0.05, 0) is 111 Å². The van der Waals surface area contributed by atoms with Gasteiger partial charge in [-0.25, -0.2) is 0 Å². The van der Waals surface area contributed by atoms with Crippen LogP contribution in [0.15, 0.2) is 226 Å². The Kier molecular flexibility index (Phi) is 23.2.